The first-order chi connectivity index (χ1) is 9.59. The van der Waals surface area contributed by atoms with Crippen molar-refractivity contribution < 1.29 is 9.59 Å². The fourth-order valence-corrected chi connectivity index (χ4v) is 4.41. The van der Waals surface area contributed by atoms with Gasteiger partial charge in [-0.15, -0.1) is 0 Å². The van der Waals surface area contributed by atoms with E-state index in [2.05, 4.69) is 26.0 Å². The van der Waals surface area contributed by atoms with Gasteiger partial charge in [0.15, 0.2) is 11.6 Å². The van der Waals surface area contributed by atoms with Crippen LogP contribution in [0.1, 0.15) is 52.5 Å². The van der Waals surface area contributed by atoms with E-state index in [-0.39, 0.29) is 41.2 Å². The highest BCUT2D eigenvalue weighted by atomic mass is 16.1. The zero-order valence-corrected chi connectivity index (χ0v) is 11.8. The second kappa shape index (κ2) is 3.91. The smallest absolute Gasteiger partial charge is 0.168 e. The molecule has 4 atom stereocenters. The van der Waals surface area contributed by atoms with Crippen LogP contribution in [0.15, 0.2) is 30.4 Å². The third-order valence-electron chi connectivity index (χ3n) is 5.30. The van der Waals surface area contributed by atoms with Crippen LogP contribution in [0, 0.1) is 23.7 Å². The van der Waals surface area contributed by atoms with Crippen molar-refractivity contribution in [2.75, 3.05) is 0 Å². The number of carbonyl (C=O) groups excluding carboxylic acids is 2. The van der Waals surface area contributed by atoms with Gasteiger partial charge in [-0.25, -0.2) is 0 Å². The number of Topliss-reactive ketones (excluding diaryl/α,β-unsaturated/α-hetero) is 2. The van der Waals surface area contributed by atoms with Gasteiger partial charge >= 0.3 is 0 Å². The summed E-state index contributed by atoms with van der Waals surface area (Å²) in [6.45, 7) is 4.17. The Morgan fingerprint density at radius 2 is 1.65 bits per heavy atom. The molecule has 2 bridgehead atoms. The van der Waals surface area contributed by atoms with Crippen molar-refractivity contribution in [2.45, 2.75) is 26.2 Å². The van der Waals surface area contributed by atoms with E-state index in [1.165, 1.54) is 0 Å². The van der Waals surface area contributed by atoms with Gasteiger partial charge in [-0.1, -0.05) is 44.2 Å². The van der Waals surface area contributed by atoms with E-state index in [0.717, 1.165) is 17.5 Å². The lowest BCUT2D eigenvalue weighted by Gasteiger charge is -2.33. The molecule has 0 heterocycles. The van der Waals surface area contributed by atoms with Crippen molar-refractivity contribution >= 4 is 11.6 Å². The molecule has 2 heteroatoms. The molecule has 0 radical (unpaired) electrons. The molecule has 0 aromatic heterocycles. The first kappa shape index (κ1) is 12.1. The number of ketones is 2. The number of hydrogen-bond acceptors (Lipinski definition) is 2. The van der Waals surface area contributed by atoms with E-state index in [4.69, 9.17) is 0 Å². The predicted molar refractivity (Wildman–Crippen MR) is 76.9 cm³/mol. The number of rotatable bonds is 1. The van der Waals surface area contributed by atoms with Crippen LogP contribution >= 0.6 is 0 Å². The highest BCUT2D eigenvalue weighted by molar-refractivity contribution is 6.17. The lowest BCUT2D eigenvalue weighted by molar-refractivity contribution is 0.0719. The molecule has 102 valence electrons. The van der Waals surface area contributed by atoms with Crippen molar-refractivity contribution in [3.8, 4) is 0 Å². The third kappa shape index (κ3) is 1.34. The normalized spacial score (nSPS) is 33.8. The van der Waals surface area contributed by atoms with Gasteiger partial charge in [0.25, 0.3) is 0 Å². The average molecular weight is 266 g/mol. The maximum atomic E-state index is 13.0. The van der Waals surface area contributed by atoms with Crippen molar-refractivity contribution in [2.24, 2.45) is 23.7 Å². The lowest BCUT2D eigenvalue weighted by Crippen LogP contribution is -2.39. The zero-order valence-electron chi connectivity index (χ0n) is 11.8. The van der Waals surface area contributed by atoms with Crippen LogP contribution in [0.25, 0.3) is 0 Å². The summed E-state index contributed by atoms with van der Waals surface area (Å²) in [5.41, 5.74) is 2.42. The summed E-state index contributed by atoms with van der Waals surface area (Å²) in [6, 6.07) is 5.76. The molecule has 20 heavy (non-hydrogen) atoms. The van der Waals surface area contributed by atoms with Crippen LogP contribution in [0.4, 0.5) is 0 Å². The minimum absolute atomic E-state index is 0.0904. The van der Waals surface area contributed by atoms with E-state index >= 15 is 0 Å². The molecule has 4 rings (SSSR count). The standard InChI is InChI=1S/C18H18O2/c1-9(2)12-4-3-5-13-16(12)18(20)15-11-7-6-10(8-11)14(15)17(13)19/h3-7,9-11,14-15H,8H2,1-2H3. The van der Waals surface area contributed by atoms with Gasteiger partial charge in [0.1, 0.15) is 0 Å². The number of benzene rings is 1. The first-order valence-electron chi connectivity index (χ1n) is 7.49. The summed E-state index contributed by atoms with van der Waals surface area (Å²) >= 11 is 0. The summed E-state index contributed by atoms with van der Waals surface area (Å²) in [7, 11) is 0. The number of hydrogen-bond donors (Lipinski definition) is 0. The highest BCUT2D eigenvalue weighted by Gasteiger charge is 2.55. The Morgan fingerprint density at radius 3 is 2.30 bits per heavy atom. The summed E-state index contributed by atoms with van der Waals surface area (Å²) < 4.78 is 0. The maximum absolute atomic E-state index is 13.0. The summed E-state index contributed by atoms with van der Waals surface area (Å²) in [5.74, 6) is 1.08. The quantitative estimate of drug-likeness (QED) is 0.727. The molecule has 3 aliphatic carbocycles. The minimum Gasteiger partial charge on any atom is -0.294 e. The first-order valence-corrected chi connectivity index (χ1v) is 7.49. The van der Waals surface area contributed by atoms with E-state index in [9.17, 15) is 9.59 Å². The van der Waals surface area contributed by atoms with Gasteiger partial charge in [-0.05, 0) is 29.7 Å². The molecule has 1 saturated carbocycles. The van der Waals surface area contributed by atoms with Gasteiger partial charge in [-0.3, -0.25) is 9.59 Å². The van der Waals surface area contributed by atoms with Crippen molar-refractivity contribution in [3.63, 3.8) is 0 Å². The summed E-state index contributed by atoms with van der Waals surface area (Å²) in [6.07, 6.45) is 5.28. The van der Waals surface area contributed by atoms with Crippen molar-refractivity contribution in [3.05, 3.63) is 47.0 Å². The van der Waals surface area contributed by atoms with Gasteiger partial charge in [0, 0.05) is 23.0 Å². The van der Waals surface area contributed by atoms with Crippen LogP contribution < -0.4 is 0 Å². The topological polar surface area (TPSA) is 34.1 Å². The molecule has 0 N–H and O–H groups in total. The molecule has 0 saturated heterocycles. The van der Waals surface area contributed by atoms with Crippen LogP contribution in [0.5, 0.6) is 0 Å². The average Bonchev–Trinajstić information content (AvgIpc) is 3.04. The van der Waals surface area contributed by atoms with E-state index in [1.54, 1.807) is 0 Å². The fourth-order valence-electron chi connectivity index (χ4n) is 4.41. The van der Waals surface area contributed by atoms with Gasteiger partial charge in [0.05, 0.1) is 0 Å². The highest BCUT2D eigenvalue weighted by Crippen LogP contribution is 2.53. The molecular weight excluding hydrogens is 248 g/mol. The number of allylic oxidation sites excluding steroid dienone is 2. The second-order valence-electron chi connectivity index (χ2n) is 6.65. The van der Waals surface area contributed by atoms with E-state index in [0.29, 0.717) is 5.56 Å². The number of fused-ring (bicyclic) bond motifs is 6. The molecule has 0 aliphatic heterocycles. The molecule has 1 aromatic carbocycles. The molecule has 4 unspecified atom stereocenters. The molecular formula is C18H18O2. The molecule has 1 fully saturated rings. The summed E-state index contributed by atoms with van der Waals surface area (Å²) in [4.78, 5) is 25.8. The lowest BCUT2D eigenvalue weighted by atomic mass is 9.68. The molecule has 2 nitrogen and oxygen atoms in total. The van der Waals surface area contributed by atoms with E-state index < -0.39 is 0 Å². The number of carbonyl (C=O) groups is 2. The Morgan fingerprint density at radius 1 is 1.00 bits per heavy atom. The van der Waals surface area contributed by atoms with Crippen LogP contribution in [-0.4, -0.2) is 11.6 Å². The summed E-state index contributed by atoms with van der Waals surface area (Å²) in [5, 5.41) is 0. The van der Waals surface area contributed by atoms with Gasteiger partial charge in [0.2, 0.25) is 0 Å². The SMILES string of the molecule is CC(C)c1cccc2c1C(=O)C1C3C=CC(C3)C1C2=O. The van der Waals surface area contributed by atoms with Crippen LogP contribution in [-0.2, 0) is 0 Å². The Hall–Kier alpha value is -1.70. The van der Waals surface area contributed by atoms with Crippen molar-refractivity contribution in [1.82, 2.24) is 0 Å². The second-order valence-corrected chi connectivity index (χ2v) is 6.65. The fraction of sp³-hybridized carbons (Fsp3) is 0.444. The van der Waals surface area contributed by atoms with Crippen LogP contribution in [0.3, 0.4) is 0 Å². The Bertz CT molecular complexity index is 653. The predicted octanol–water partition coefficient (Wildman–Crippen LogP) is 3.63. The zero-order chi connectivity index (χ0) is 14.0. The van der Waals surface area contributed by atoms with Gasteiger partial charge < -0.3 is 0 Å². The van der Waals surface area contributed by atoms with Gasteiger partial charge in [-0.2, -0.15) is 0 Å². The monoisotopic (exact) mass is 266 g/mol. The van der Waals surface area contributed by atoms with Crippen LogP contribution in [0.2, 0.25) is 0 Å². The maximum Gasteiger partial charge on any atom is 0.168 e. The Kier molecular flexibility index (Phi) is 2.36. The minimum atomic E-state index is -0.0927. The van der Waals surface area contributed by atoms with Crippen molar-refractivity contribution in [1.29, 1.82) is 0 Å². The van der Waals surface area contributed by atoms with E-state index in [1.807, 2.05) is 18.2 Å². The largest absolute Gasteiger partial charge is 0.294 e. The third-order valence-corrected chi connectivity index (χ3v) is 5.30. The Labute approximate surface area is 118 Å². The molecule has 0 spiro atoms. The molecule has 1 aromatic rings. The molecule has 0 amide bonds. The Balaban J connectivity index is 1.93. The molecule has 3 aliphatic rings.